The molecule has 2 heterocycles. The maximum absolute atomic E-state index is 12.2. The van der Waals surface area contributed by atoms with Crippen LogP contribution < -0.4 is 14.8 Å². The number of piperidine rings is 1. The van der Waals surface area contributed by atoms with E-state index in [9.17, 15) is 4.79 Å². The summed E-state index contributed by atoms with van der Waals surface area (Å²) in [5, 5.41) is 3.36. The summed E-state index contributed by atoms with van der Waals surface area (Å²) in [6.45, 7) is 5.30. The Morgan fingerprint density at radius 3 is 3.09 bits per heavy atom. The van der Waals surface area contributed by atoms with Crippen LogP contribution in [0.2, 0.25) is 5.02 Å². The first-order valence-corrected chi connectivity index (χ1v) is 8.64. The second-order valence-electron chi connectivity index (χ2n) is 6.18. The third-order valence-electron chi connectivity index (χ3n) is 4.54. The zero-order valence-corrected chi connectivity index (χ0v) is 14.2. The van der Waals surface area contributed by atoms with E-state index in [1.807, 2.05) is 0 Å². The molecule has 1 saturated heterocycles. The standard InChI is InChI=1S/C17H23ClN2O3/c1-12-5-2-3-7-20(12)8-4-6-19-17(21)13-9-14(18)16-15(10-13)22-11-23-16/h9-10,12H,2-8,11H2,1H3,(H,19,21)/t12-/m1/s1. The highest BCUT2D eigenvalue weighted by molar-refractivity contribution is 6.32. The Labute approximate surface area is 141 Å². The fourth-order valence-electron chi connectivity index (χ4n) is 3.17. The van der Waals surface area contributed by atoms with Crippen molar-refractivity contribution >= 4 is 17.5 Å². The maximum atomic E-state index is 12.2. The molecule has 3 rings (SSSR count). The van der Waals surface area contributed by atoms with Crippen LogP contribution in [0, 0.1) is 0 Å². The Morgan fingerprint density at radius 1 is 1.39 bits per heavy atom. The van der Waals surface area contributed by atoms with Crippen LogP contribution in [-0.4, -0.2) is 43.3 Å². The van der Waals surface area contributed by atoms with E-state index in [1.165, 1.54) is 25.8 Å². The molecule has 2 aliphatic heterocycles. The first-order chi connectivity index (χ1) is 11.1. The van der Waals surface area contributed by atoms with Gasteiger partial charge in [-0.25, -0.2) is 0 Å². The van der Waals surface area contributed by atoms with Gasteiger partial charge in [0.2, 0.25) is 6.79 Å². The molecule has 1 amide bonds. The van der Waals surface area contributed by atoms with E-state index < -0.39 is 0 Å². The van der Waals surface area contributed by atoms with Gasteiger partial charge < -0.3 is 19.7 Å². The van der Waals surface area contributed by atoms with Crippen LogP contribution in [0.1, 0.15) is 43.0 Å². The molecular formula is C17H23ClN2O3. The van der Waals surface area contributed by atoms with Crippen molar-refractivity contribution in [1.29, 1.82) is 0 Å². The van der Waals surface area contributed by atoms with Crippen LogP contribution in [0.5, 0.6) is 11.5 Å². The summed E-state index contributed by atoms with van der Waals surface area (Å²) < 4.78 is 10.5. The summed E-state index contributed by atoms with van der Waals surface area (Å²) in [5.74, 6) is 0.920. The number of ether oxygens (including phenoxy) is 2. The van der Waals surface area contributed by atoms with E-state index in [-0.39, 0.29) is 12.7 Å². The molecule has 1 aromatic carbocycles. The lowest BCUT2D eigenvalue weighted by Gasteiger charge is -2.33. The fourth-order valence-corrected chi connectivity index (χ4v) is 3.44. The lowest BCUT2D eigenvalue weighted by atomic mass is 10.0. The lowest BCUT2D eigenvalue weighted by molar-refractivity contribution is 0.0948. The summed E-state index contributed by atoms with van der Waals surface area (Å²) >= 11 is 6.11. The van der Waals surface area contributed by atoms with Gasteiger partial charge in [0.15, 0.2) is 11.5 Å². The van der Waals surface area contributed by atoms with Crippen LogP contribution in [0.4, 0.5) is 0 Å². The largest absolute Gasteiger partial charge is 0.454 e. The number of benzene rings is 1. The molecule has 126 valence electrons. The zero-order chi connectivity index (χ0) is 16.2. The van der Waals surface area contributed by atoms with Gasteiger partial charge in [0, 0.05) is 24.7 Å². The molecule has 0 aromatic heterocycles. The van der Waals surface area contributed by atoms with Crippen molar-refractivity contribution in [2.24, 2.45) is 0 Å². The van der Waals surface area contributed by atoms with Gasteiger partial charge in [-0.3, -0.25) is 4.79 Å². The van der Waals surface area contributed by atoms with Gasteiger partial charge in [-0.2, -0.15) is 0 Å². The second kappa shape index (κ2) is 7.41. The predicted octanol–water partition coefficient (Wildman–Crippen LogP) is 3.06. The van der Waals surface area contributed by atoms with E-state index in [1.54, 1.807) is 12.1 Å². The summed E-state index contributed by atoms with van der Waals surface area (Å²) in [5.41, 5.74) is 0.505. The van der Waals surface area contributed by atoms with Crippen LogP contribution >= 0.6 is 11.6 Å². The summed E-state index contributed by atoms with van der Waals surface area (Å²) in [6, 6.07) is 3.96. The topological polar surface area (TPSA) is 50.8 Å². The molecule has 1 N–H and O–H groups in total. The minimum atomic E-state index is -0.128. The molecule has 1 aromatic rings. The highest BCUT2D eigenvalue weighted by Gasteiger charge is 2.21. The Balaban J connectivity index is 1.47. The molecule has 0 saturated carbocycles. The number of hydrogen-bond donors (Lipinski definition) is 1. The number of hydrogen-bond acceptors (Lipinski definition) is 4. The number of rotatable bonds is 5. The molecule has 0 bridgehead atoms. The second-order valence-corrected chi connectivity index (χ2v) is 6.59. The molecular weight excluding hydrogens is 316 g/mol. The number of likely N-dealkylation sites (tertiary alicyclic amines) is 1. The molecule has 1 fully saturated rings. The van der Waals surface area contributed by atoms with Gasteiger partial charge in [-0.05, 0) is 44.9 Å². The van der Waals surface area contributed by atoms with Crippen LogP contribution in [0.15, 0.2) is 12.1 Å². The maximum Gasteiger partial charge on any atom is 0.251 e. The molecule has 5 nitrogen and oxygen atoms in total. The number of halogens is 1. The first kappa shape index (κ1) is 16.4. The molecule has 0 radical (unpaired) electrons. The molecule has 0 unspecified atom stereocenters. The van der Waals surface area contributed by atoms with Crippen LogP contribution in [-0.2, 0) is 0 Å². The third-order valence-corrected chi connectivity index (χ3v) is 4.82. The summed E-state index contributed by atoms with van der Waals surface area (Å²) in [4.78, 5) is 14.7. The number of nitrogens with one attached hydrogen (secondary N) is 1. The molecule has 2 aliphatic rings. The summed E-state index contributed by atoms with van der Waals surface area (Å²) in [6.07, 6.45) is 4.85. The molecule has 0 spiro atoms. The van der Waals surface area contributed by atoms with Crippen molar-refractivity contribution in [1.82, 2.24) is 10.2 Å². The average Bonchev–Trinajstić information content (AvgIpc) is 3.02. The van der Waals surface area contributed by atoms with Crippen molar-refractivity contribution in [2.75, 3.05) is 26.4 Å². The van der Waals surface area contributed by atoms with Gasteiger partial charge in [-0.1, -0.05) is 18.0 Å². The zero-order valence-electron chi connectivity index (χ0n) is 13.4. The van der Waals surface area contributed by atoms with E-state index in [0.29, 0.717) is 34.7 Å². The number of amides is 1. The van der Waals surface area contributed by atoms with Gasteiger partial charge in [0.1, 0.15) is 0 Å². The average molecular weight is 339 g/mol. The summed E-state index contributed by atoms with van der Waals surface area (Å²) in [7, 11) is 0. The first-order valence-electron chi connectivity index (χ1n) is 8.26. The molecule has 0 aliphatic carbocycles. The predicted molar refractivity (Wildman–Crippen MR) is 89.4 cm³/mol. The van der Waals surface area contributed by atoms with E-state index >= 15 is 0 Å². The van der Waals surface area contributed by atoms with Crippen molar-refractivity contribution in [2.45, 2.75) is 38.6 Å². The smallest absolute Gasteiger partial charge is 0.251 e. The lowest BCUT2D eigenvalue weighted by Crippen LogP contribution is -2.39. The monoisotopic (exact) mass is 338 g/mol. The van der Waals surface area contributed by atoms with Gasteiger partial charge in [-0.15, -0.1) is 0 Å². The minimum absolute atomic E-state index is 0.128. The minimum Gasteiger partial charge on any atom is -0.454 e. The van der Waals surface area contributed by atoms with E-state index in [2.05, 4.69) is 17.1 Å². The van der Waals surface area contributed by atoms with E-state index in [0.717, 1.165) is 13.0 Å². The third kappa shape index (κ3) is 3.90. The van der Waals surface area contributed by atoms with Gasteiger partial charge in [0.25, 0.3) is 5.91 Å². The Bertz CT molecular complexity index is 579. The van der Waals surface area contributed by atoms with Crippen molar-refractivity contribution in [3.63, 3.8) is 0 Å². The van der Waals surface area contributed by atoms with E-state index in [4.69, 9.17) is 21.1 Å². The Kier molecular flexibility index (Phi) is 5.28. The van der Waals surface area contributed by atoms with Crippen molar-refractivity contribution in [3.8, 4) is 11.5 Å². The number of fused-ring (bicyclic) bond motifs is 1. The fraction of sp³-hybridized carbons (Fsp3) is 0.588. The molecule has 6 heteroatoms. The highest BCUT2D eigenvalue weighted by Crippen LogP contribution is 2.39. The van der Waals surface area contributed by atoms with Crippen LogP contribution in [0.25, 0.3) is 0 Å². The van der Waals surface area contributed by atoms with Crippen molar-refractivity contribution < 1.29 is 14.3 Å². The van der Waals surface area contributed by atoms with Gasteiger partial charge in [0.05, 0.1) is 5.02 Å². The molecule has 23 heavy (non-hydrogen) atoms. The van der Waals surface area contributed by atoms with Gasteiger partial charge >= 0.3 is 0 Å². The Morgan fingerprint density at radius 2 is 2.26 bits per heavy atom. The Hall–Kier alpha value is -1.46. The van der Waals surface area contributed by atoms with Crippen LogP contribution in [0.3, 0.4) is 0 Å². The molecule has 1 atom stereocenters. The SMILES string of the molecule is C[C@@H]1CCCCN1CCCNC(=O)c1cc(Cl)c2c(c1)OCO2. The van der Waals surface area contributed by atoms with Crippen molar-refractivity contribution in [3.05, 3.63) is 22.7 Å². The quantitative estimate of drug-likeness (QED) is 0.838. The number of nitrogens with zero attached hydrogens (tertiary/aromatic N) is 1. The highest BCUT2D eigenvalue weighted by atomic mass is 35.5. The number of carbonyl (C=O) groups excluding carboxylic acids is 1. The number of carbonyl (C=O) groups is 1. The normalized spacial score (nSPS) is 20.5.